The topological polar surface area (TPSA) is 130 Å². The highest BCUT2D eigenvalue weighted by atomic mass is 32.2. The molecule has 2 heterocycles. The molecule has 0 radical (unpaired) electrons. The molecule has 22 heavy (non-hydrogen) atoms. The Labute approximate surface area is 127 Å². The Hall–Kier alpha value is -2.16. The van der Waals surface area contributed by atoms with E-state index in [1.807, 2.05) is 24.3 Å². The van der Waals surface area contributed by atoms with E-state index in [1.54, 1.807) is 12.1 Å². The van der Waals surface area contributed by atoms with Crippen LogP contribution in [0.5, 0.6) is 0 Å². The number of carboxylic acid groups (broad SMARTS) is 1. The number of anilines is 1. The molecule has 0 fully saturated rings. The molecular weight excluding hydrogens is 308 g/mol. The molecule has 7 nitrogen and oxygen atoms in total. The Bertz CT molecular complexity index is 817. The van der Waals surface area contributed by atoms with Crippen LogP contribution in [0.4, 0.5) is 5.69 Å². The summed E-state index contributed by atoms with van der Waals surface area (Å²) in [6.45, 7) is 1.33. The molecule has 2 aliphatic rings. The lowest BCUT2D eigenvalue weighted by Crippen LogP contribution is -2.39. The fraction of sp³-hybridized carbons (Fsp3) is 0.214. The second-order valence-electron chi connectivity index (χ2n) is 4.87. The number of hydrogen-bond acceptors (Lipinski definition) is 5. The summed E-state index contributed by atoms with van der Waals surface area (Å²) in [5.41, 5.74) is 5.57. The molecular formula is C14H16N2O5S. The minimum Gasteiger partial charge on any atom is -0.480 e. The van der Waals surface area contributed by atoms with Gasteiger partial charge in [0.1, 0.15) is 6.04 Å². The molecule has 0 spiro atoms. The fourth-order valence-electron chi connectivity index (χ4n) is 2.00. The van der Waals surface area contributed by atoms with Crippen LogP contribution in [-0.2, 0) is 14.8 Å². The van der Waals surface area contributed by atoms with Crippen molar-refractivity contribution >= 4 is 32.5 Å². The first-order valence-electron chi connectivity index (χ1n) is 6.45. The number of hydrogen-bond donors (Lipinski definition) is 4. The summed E-state index contributed by atoms with van der Waals surface area (Å²) in [4.78, 5) is 10.2. The third-order valence-corrected chi connectivity index (χ3v) is 4.65. The molecule has 2 aromatic carbocycles. The molecule has 2 aromatic rings. The summed E-state index contributed by atoms with van der Waals surface area (Å²) in [6, 6.07) is 9.76. The van der Waals surface area contributed by atoms with Crippen molar-refractivity contribution in [2.45, 2.75) is 24.0 Å². The highest BCUT2D eigenvalue weighted by Gasteiger charge is 2.24. The van der Waals surface area contributed by atoms with Gasteiger partial charge in [-0.2, -0.15) is 0 Å². The molecule has 2 aliphatic heterocycles. The number of sulfonamides is 1. The normalized spacial score (nSPS) is 17.0. The van der Waals surface area contributed by atoms with Gasteiger partial charge >= 0.3 is 5.97 Å². The maximum atomic E-state index is 11.6. The van der Waals surface area contributed by atoms with Gasteiger partial charge in [-0.15, -0.1) is 0 Å². The number of benzene rings is 2. The van der Waals surface area contributed by atoms with Gasteiger partial charge in [0.05, 0.1) is 16.7 Å². The minimum absolute atomic E-state index is 0.364. The van der Waals surface area contributed by atoms with Crippen LogP contribution in [0, 0.1) is 0 Å². The van der Waals surface area contributed by atoms with Crippen molar-refractivity contribution in [1.82, 2.24) is 0 Å². The Kier molecular flexibility index (Phi) is 4.36. The van der Waals surface area contributed by atoms with Gasteiger partial charge in [0, 0.05) is 10.8 Å². The smallest absolute Gasteiger partial charge is 0.323 e. The number of nitrogens with one attached hydrogen (secondary N) is 1. The van der Waals surface area contributed by atoms with E-state index in [-0.39, 0.29) is 0 Å². The van der Waals surface area contributed by atoms with Crippen LogP contribution >= 0.6 is 0 Å². The van der Waals surface area contributed by atoms with E-state index >= 15 is 0 Å². The predicted octanol–water partition coefficient (Wildman–Crippen LogP) is 0.733. The predicted molar refractivity (Wildman–Crippen MR) is 82.0 cm³/mol. The van der Waals surface area contributed by atoms with Crippen LogP contribution in [0.2, 0.25) is 0 Å². The zero-order valence-electron chi connectivity index (χ0n) is 11.7. The van der Waals surface area contributed by atoms with Gasteiger partial charge in [0.2, 0.25) is 0 Å². The molecule has 0 unspecified atom stereocenters. The van der Waals surface area contributed by atoms with Crippen molar-refractivity contribution in [2.24, 2.45) is 5.73 Å². The van der Waals surface area contributed by atoms with Crippen molar-refractivity contribution < 1.29 is 23.4 Å². The highest BCUT2D eigenvalue weighted by molar-refractivity contribution is 7.93. The van der Waals surface area contributed by atoms with Crippen LogP contribution in [0.1, 0.15) is 6.92 Å². The SMILES string of the molecule is C[C@@H](O)[C@H](N)C(=O)O.O=S1(=O)Nc2ccc1c1ccccc21. The number of aliphatic hydroxyl groups excluding tert-OH is 1. The summed E-state index contributed by atoms with van der Waals surface area (Å²) >= 11 is 0. The molecule has 0 aromatic heterocycles. The van der Waals surface area contributed by atoms with Crippen molar-refractivity contribution in [3.05, 3.63) is 36.4 Å². The average Bonchev–Trinajstić information content (AvgIpc) is 2.46. The van der Waals surface area contributed by atoms with E-state index < -0.39 is 28.1 Å². The van der Waals surface area contributed by atoms with Gasteiger partial charge in [0.25, 0.3) is 10.0 Å². The third-order valence-electron chi connectivity index (χ3n) is 3.22. The van der Waals surface area contributed by atoms with Crippen LogP contribution in [-0.4, -0.2) is 36.7 Å². The van der Waals surface area contributed by atoms with Crippen LogP contribution in [0.3, 0.4) is 0 Å². The van der Waals surface area contributed by atoms with E-state index in [4.69, 9.17) is 15.9 Å². The summed E-state index contributed by atoms with van der Waals surface area (Å²) < 4.78 is 25.7. The Morgan fingerprint density at radius 3 is 2.23 bits per heavy atom. The molecule has 8 heteroatoms. The number of carbonyl (C=O) groups is 1. The number of fused-ring (bicyclic) bond motifs is 2. The first kappa shape index (κ1) is 16.2. The molecule has 118 valence electrons. The molecule has 2 atom stereocenters. The van der Waals surface area contributed by atoms with Crippen LogP contribution in [0.15, 0.2) is 41.3 Å². The summed E-state index contributed by atoms with van der Waals surface area (Å²) in [5, 5.41) is 18.3. The maximum absolute atomic E-state index is 11.6. The van der Waals surface area contributed by atoms with Crippen molar-refractivity contribution in [3.63, 3.8) is 0 Å². The van der Waals surface area contributed by atoms with Gasteiger partial charge in [0.15, 0.2) is 0 Å². The van der Waals surface area contributed by atoms with Gasteiger partial charge in [-0.3, -0.25) is 9.52 Å². The van der Waals surface area contributed by atoms with E-state index in [9.17, 15) is 13.2 Å². The van der Waals surface area contributed by atoms with E-state index in [0.29, 0.717) is 10.6 Å². The maximum Gasteiger partial charge on any atom is 0.323 e. The first-order valence-corrected chi connectivity index (χ1v) is 7.93. The number of rotatable bonds is 2. The third kappa shape index (κ3) is 3.03. The van der Waals surface area contributed by atoms with Crippen LogP contribution in [0.25, 0.3) is 10.8 Å². The summed E-state index contributed by atoms with van der Waals surface area (Å²) in [7, 11) is -3.29. The van der Waals surface area contributed by atoms with Crippen molar-refractivity contribution in [1.29, 1.82) is 0 Å². The molecule has 5 N–H and O–H groups in total. The summed E-state index contributed by atoms with van der Waals surface area (Å²) in [6.07, 6.45) is -0.979. The molecule has 0 aliphatic carbocycles. The Morgan fingerprint density at radius 2 is 1.77 bits per heavy atom. The summed E-state index contributed by atoms with van der Waals surface area (Å²) in [5.74, 6) is -1.18. The quantitative estimate of drug-likeness (QED) is 0.644. The zero-order chi connectivity index (χ0) is 16.5. The van der Waals surface area contributed by atoms with Crippen molar-refractivity contribution in [2.75, 3.05) is 4.72 Å². The molecule has 0 amide bonds. The monoisotopic (exact) mass is 324 g/mol. The van der Waals surface area contributed by atoms with Gasteiger partial charge in [-0.05, 0) is 19.1 Å². The number of aliphatic hydroxyl groups is 1. The average molecular weight is 324 g/mol. The molecule has 0 saturated carbocycles. The van der Waals surface area contributed by atoms with E-state index in [1.165, 1.54) is 6.92 Å². The Balaban J connectivity index is 0.000000192. The van der Waals surface area contributed by atoms with E-state index in [2.05, 4.69) is 4.72 Å². The fourth-order valence-corrected chi connectivity index (χ4v) is 3.29. The second kappa shape index (κ2) is 5.91. The van der Waals surface area contributed by atoms with E-state index in [0.717, 1.165) is 10.8 Å². The standard InChI is InChI=1S/C10H7NO2S.C4H9NO3/c12-14(13)10-6-5-9(11-14)7-3-1-2-4-8(7)10;1-2(6)3(5)4(7)8/h1-6,11H;2-3,6H,5H2,1H3,(H,7,8)/t;2-,3+/m.1/s1. The zero-order valence-corrected chi connectivity index (χ0v) is 12.5. The second-order valence-corrected chi connectivity index (χ2v) is 6.52. The number of nitrogens with two attached hydrogens (primary N) is 1. The van der Waals surface area contributed by atoms with Gasteiger partial charge in [-0.25, -0.2) is 8.42 Å². The number of carboxylic acids is 1. The van der Waals surface area contributed by atoms with Crippen molar-refractivity contribution in [3.8, 4) is 0 Å². The van der Waals surface area contributed by atoms with Crippen LogP contribution < -0.4 is 10.5 Å². The lowest BCUT2D eigenvalue weighted by atomic mass is 10.1. The Morgan fingerprint density at radius 1 is 1.18 bits per heavy atom. The minimum atomic E-state index is -3.29. The first-order chi connectivity index (χ1) is 10.2. The lowest BCUT2D eigenvalue weighted by Gasteiger charge is -2.19. The lowest BCUT2D eigenvalue weighted by molar-refractivity contribution is -0.140. The number of aliphatic carboxylic acids is 1. The largest absolute Gasteiger partial charge is 0.480 e. The molecule has 0 saturated heterocycles. The molecule has 4 rings (SSSR count). The van der Waals surface area contributed by atoms with Gasteiger partial charge < -0.3 is 15.9 Å². The van der Waals surface area contributed by atoms with Gasteiger partial charge in [-0.1, -0.05) is 24.3 Å². The highest BCUT2D eigenvalue weighted by Crippen LogP contribution is 2.35. The molecule has 2 bridgehead atoms.